The minimum atomic E-state index is -0.988. The molecular weight excluding hydrogens is 220 g/mol. The molecule has 0 saturated carbocycles. The van der Waals surface area contributed by atoms with Gasteiger partial charge < -0.3 is 14.3 Å². The van der Waals surface area contributed by atoms with Gasteiger partial charge in [0, 0.05) is 17.4 Å². The summed E-state index contributed by atoms with van der Waals surface area (Å²) in [7, 11) is 0. The highest BCUT2D eigenvalue weighted by Crippen LogP contribution is 2.24. The number of hydrogen-bond acceptors (Lipinski definition) is 4. The molecule has 0 aliphatic rings. The van der Waals surface area contributed by atoms with E-state index in [-0.39, 0.29) is 5.75 Å². The van der Waals surface area contributed by atoms with Gasteiger partial charge in [-0.3, -0.25) is 0 Å². The fourth-order valence-corrected chi connectivity index (χ4v) is 1.64. The molecule has 4 nitrogen and oxygen atoms in total. The molecule has 0 aliphatic heterocycles. The minimum Gasteiger partial charge on any atom is -0.457 e. The van der Waals surface area contributed by atoms with Crippen molar-refractivity contribution in [2.24, 2.45) is 0 Å². The molecule has 1 unspecified atom stereocenters. The second-order valence-electron chi connectivity index (χ2n) is 3.82. The topological polar surface area (TPSA) is 59.7 Å². The highest BCUT2D eigenvalue weighted by atomic mass is 16.6. The lowest BCUT2D eigenvalue weighted by Gasteiger charge is -2.13. The lowest BCUT2D eigenvalue weighted by Crippen LogP contribution is -2.19. The first-order valence-electron chi connectivity index (χ1n) is 5.50. The van der Waals surface area contributed by atoms with E-state index in [0.29, 0.717) is 17.6 Å². The average Bonchev–Trinajstić information content (AvgIpc) is 2.34. The van der Waals surface area contributed by atoms with E-state index in [4.69, 9.17) is 9.15 Å². The normalized spacial score (nSPS) is 12.6. The molecule has 0 bridgehead atoms. The van der Waals surface area contributed by atoms with Crippen molar-refractivity contribution in [3.63, 3.8) is 0 Å². The van der Waals surface area contributed by atoms with Crippen LogP contribution in [0.5, 0.6) is 5.75 Å². The van der Waals surface area contributed by atoms with E-state index in [1.165, 1.54) is 0 Å². The summed E-state index contributed by atoms with van der Waals surface area (Å²) in [5.74, 6) is 0.0815. The van der Waals surface area contributed by atoms with E-state index in [2.05, 4.69) is 0 Å². The summed E-state index contributed by atoms with van der Waals surface area (Å²) in [5, 5.41) is 10.2. The highest BCUT2D eigenvalue weighted by Gasteiger charge is 2.14. The van der Waals surface area contributed by atoms with Gasteiger partial charge in [0.15, 0.2) is 6.29 Å². The minimum absolute atomic E-state index is 0.0815. The molecule has 0 fully saturated rings. The molecule has 1 atom stereocenters. The van der Waals surface area contributed by atoms with Gasteiger partial charge in [0.05, 0.1) is 0 Å². The lowest BCUT2D eigenvalue weighted by atomic mass is 10.1. The number of aryl methyl sites for hydroxylation is 1. The molecule has 0 amide bonds. The number of ether oxygens (including phenoxy) is 1. The summed E-state index contributed by atoms with van der Waals surface area (Å²) in [6, 6.07) is 7.23. The van der Waals surface area contributed by atoms with Crippen LogP contribution in [0.4, 0.5) is 0 Å². The number of fused-ring (bicyclic) bond motifs is 1. The van der Waals surface area contributed by atoms with E-state index < -0.39 is 11.9 Å². The van der Waals surface area contributed by atoms with Gasteiger partial charge in [-0.2, -0.15) is 0 Å². The average molecular weight is 234 g/mol. The molecular formula is C13H14O4. The van der Waals surface area contributed by atoms with Gasteiger partial charge in [-0.15, -0.1) is 0 Å². The third-order valence-electron chi connectivity index (χ3n) is 2.62. The van der Waals surface area contributed by atoms with Crippen LogP contribution in [0.15, 0.2) is 33.5 Å². The summed E-state index contributed by atoms with van der Waals surface area (Å²) >= 11 is 0. The smallest absolute Gasteiger partial charge is 0.379 e. The van der Waals surface area contributed by atoms with Crippen LogP contribution in [0.1, 0.15) is 18.9 Å². The van der Waals surface area contributed by atoms with Crippen molar-refractivity contribution in [3.8, 4) is 5.75 Å². The number of rotatable bonds is 3. The van der Waals surface area contributed by atoms with Crippen LogP contribution in [-0.2, 0) is 0 Å². The summed E-state index contributed by atoms with van der Waals surface area (Å²) in [6.07, 6.45) is -0.580. The Hall–Kier alpha value is -1.81. The molecule has 2 aromatic rings. The van der Waals surface area contributed by atoms with E-state index in [0.717, 1.165) is 5.39 Å². The summed E-state index contributed by atoms with van der Waals surface area (Å²) in [6.45, 7) is 3.54. The first-order chi connectivity index (χ1) is 8.13. The van der Waals surface area contributed by atoms with Crippen LogP contribution in [0, 0.1) is 6.92 Å². The van der Waals surface area contributed by atoms with Gasteiger partial charge >= 0.3 is 5.63 Å². The first kappa shape index (κ1) is 11.7. The Morgan fingerprint density at radius 1 is 1.41 bits per heavy atom. The van der Waals surface area contributed by atoms with E-state index in [1.54, 1.807) is 26.0 Å². The Balaban J connectivity index is 2.60. The maximum atomic E-state index is 11.7. The molecule has 0 aliphatic carbocycles. The molecule has 0 spiro atoms. The van der Waals surface area contributed by atoms with Crippen LogP contribution in [-0.4, -0.2) is 11.4 Å². The molecule has 1 aromatic heterocycles. The SMILES string of the molecule is CCC(O)Oc1c(C)c2ccccc2oc1=O. The van der Waals surface area contributed by atoms with Crippen molar-refractivity contribution >= 4 is 11.0 Å². The maximum Gasteiger partial charge on any atom is 0.379 e. The number of benzene rings is 1. The molecule has 0 radical (unpaired) electrons. The Morgan fingerprint density at radius 2 is 2.12 bits per heavy atom. The molecule has 1 aromatic carbocycles. The molecule has 4 heteroatoms. The second kappa shape index (κ2) is 4.59. The Labute approximate surface area is 98.4 Å². The van der Waals surface area contributed by atoms with Crippen LogP contribution in [0.25, 0.3) is 11.0 Å². The van der Waals surface area contributed by atoms with Crippen LogP contribution < -0.4 is 10.4 Å². The zero-order valence-electron chi connectivity index (χ0n) is 9.77. The molecule has 90 valence electrons. The fraction of sp³-hybridized carbons (Fsp3) is 0.308. The van der Waals surface area contributed by atoms with Crippen molar-refractivity contribution in [3.05, 3.63) is 40.2 Å². The monoisotopic (exact) mass is 234 g/mol. The fourth-order valence-electron chi connectivity index (χ4n) is 1.64. The largest absolute Gasteiger partial charge is 0.457 e. The van der Waals surface area contributed by atoms with Crippen molar-refractivity contribution in [1.82, 2.24) is 0 Å². The third-order valence-corrected chi connectivity index (χ3v) is 2.62. The third kappa shape index (κ3) is 2.17. The molecule has 1 heterocycles. The lowest BCUT2D eigenvalue weighted by molar-refractivity contribution is -0.0217. The van der Waals surface area contributed by atoms with Crippen molar-refractivity contribution < 1.29 is 14.3 Å². The van der Waals surface area contributed by atoms with Crippen LogP contribution in [0.2, 0.25) is 0 Å². The molecule has 0 saturated heterocycles. The van der Waals surface area contributed by atoms with Crippen LogP contribution >= 0.6 is 0 Å². The van der Waals surface area contributed by atoms with Crippen molar-refractivity contribution in [1.29, 1.82) is 0 Å². The predicted octanol–water partition coefficient (Wildman–Crippen LogP) is 2.21. The van der Waals surface area contributed by atoms with Crippen LogP contribution in [0.3, 0.4) is 0 Å². The van der Waals surface area contributed by atoms with Gasteiger partial charge in [-0.25, -0.2) is 4.79 Å². The standard InChI is InChI=1S/C13H14O4/c1-3-11(14)17-12-8(2)9-6-4-5-7-10(9)16-13(12)15/h4-7,11,14H,3H2,1-2H3. The molecule has 2 rings (SSSR count). The van der Waals surface area contributed by atoms with Crippen molar-refractivity contribution in [2.45, 2.75) is 26.6 Å². The van der Waals surface area contributed by atoms with E-state index >= 15 is 0 Å². The number of aliphatic hydroxyl groups excluding tert-OH is 1. The Bertz CT molecular complexity index is 585. The van der Waals surface area contributed by atoms with Gasteiger partial charge in [0.25, 0.3) is 0 Å². The zero-order chi connectivity index (χ0) is 12.4. The predicted molar refractivity (Wildman–Crippen MR) is 64.1 cm³/mol. The van der Waals surface area contributed by atoms with Gasteiger partial charge in [-0.1, -0.05) is 25.1 Å². The number of para-hydroxylation sites is 1. The van der Waals surface area contributed by atoms with E-state index in [1.807, 2.05) is 12.1 Å². The Kier molecular flexibility index (Phi) is 3.15. The molecule has 17 heavy (non-hydrogen) atoms. The highest BCUT2D eigenvalue weighted by molar-refractivity contribution is 5.81. The number of hydrogen-bond donors (Lipinski definition) is 1. The van der Waals surface area contributed by atoms with Gasteiger partial charge in [0.1, 0.15) is 5.58 Å². The summed E-state index contributed by atoms with van der Waals surface area (Å²) < 4.78 is 10.3. The Morgan fingerprint density at radius 3 is 2.82 bits per heavy atom. The quantitative estimate of drug-likeness (QED) is 0.653. The van der Waals surface area contributed by atoms with Gasteiger partial charge in [0.2, 0.25) is 5.75 Å². The molecule has 1 N–H and O–H groups in total. The second-order valence-corrected chi connectivity index (χ2v) is 3.82. The summed E-state index contributed by atoms with van der Waals surface area (Å²) in [4.78, 5) is 11.7. The number of aliphatic hydroxyl groups is 1. The first-order valence-corrected chi connectivity index (χ1v) is 5.50. The van der Waals surface area contributed by atoms with Crippen molar-refractivity contribution in [2.75, 3.05) is 0 Å². The summed E-state index contributed by atoms with van der Waals surface area (Å²) in [5.41, 5.74) is 0.645. The van der Waals surface area contributed by atoms with E-state index in [9.17, 15) is 9.90 Å². The maximum absolute atomic E-state index is 11.7. The zero-order valence-corrected chi connectivity index (χ0v) is 9.77. The van der Waals surface area contributed by atoms with Gasteiger partial charge in [-0.05, 0) is 13.0 Å².